The third-order valence-electron chi connectivity index (χ3n) is 5.60. The number of halogens is 2. The molecule has 4 rings (SSSR count). The van der Waals surface area contributed by atoms with E-state index >= 15 is 0 Å². The Labute approximate surface area is 171 Å². The van der Waals surface area contributed by atoms with Gasteiger partial charge in [-0.15, -0.1) is 12.4 Å². The molecule has 2 aliphatic rings. The molecule has 2 heterocycles. The molecular weight excluding hydrogens is 383 g/mol. The molecular formula is C20H26Cl2N4O. The molecule has 1 saturated heterocycles. The van der Waals surface area contributed by atoms with Gasteiger partial charge in [-0.1, -0.05) is 30.7 Å². The minimum atomic E-state index is -0.105. The summed E-state index contributed by atoms with van der Waals surface area (Å²) in [5.74, 6) is 0.998. The van der Waals surface area contributed by atoms with Crippen LogP contribution < -0.4 is 10.6 Å². The fourth-order valence-electron chi connectivity index (χ4n) is 3.86. The number of amides is 1. The van der Waals surface area contributed by atoms with Crippen LogP contribution in [-0.2, 0) is 0 Å². The molecule has 5 nitrogen and oxygen atoms in total. The predicted molar refractivity (Wildman–Crippen MR) is 110 cm³/mol. The number of nitrogens with zero attached hydrogens (tertiary/aromatic N) is 2. The number of piperidine rings is 1. The Balaban J connectivity index is 0.00000210. The molecule has 7 heteroatoms. The number of hydrogen-bond donors (Lipinski definition) is 2. The molecule has 1 saturated carbocycles. The first-order chi connectivity index (χ1) is 12.6. The van der Waals surface area contributed by atoms with Gasteiger partial charge in [0.25, 0.3) is 5.91 Å². The molecule has 1 amide bonds. The van der Waals surface area contributed by atoms with E-state index in [2.05, 4.69) is 22.7 Å². The van der Waals surface area contributed by atoms with E-state index in [0.29, 0.717) is 28.6 Å². The maximum Gasteiger partial charge on any atom is 0.272 e. The maximum absolute atomic E-state index is 12.8. The van der Waals surface area contributed by atoms with Crippen molar-refractivity contribution < 1.29 is 4.79 Å². The molecule has 4 unspecified atom stereocenters. The molecule has 1 aliphatic heterocycles. The van der Waals surface area contributed by atoms with Crippen molar-refractivity contribution in [1.29, 1.82) is 0 Å². The largest absolute Gasteiger partial charge is 0.344 e. The lowest BCUT2D eigenvalue weighted by Gasteiger charge is -2.23. The van der Waals surface area contributed by atoms with E-state index in [-0.39, 0.29) is 24.4 Å². The van der Waals surface area contributed by atoms with E-state index in [9.17, 15) is 4.79 Å². The van der Waals surface area contributed by atoms with E-state index < -0.39 is 0 Å². The highest BCUT2D eigenvalue weighted by Crippen LogP contribution is 2.47. The van der Waals surface area contributed by atoms with Gasteiger partial charge in [0.2, 0.25) is 0 Å². The minimum absolute atomic E-state index is 0. The third kappa shape index (κ3) is 4.65. The van der Waals surface area contributed by atoms with E-state index in [4.69, 9.17) is 11.6 Å². The van der Waals surface area contributed by atoms with Crippen LogP contribution >= 0.6 is 24.0 Å². The summed E-state index contributed by atoms with van der Waals surface area (Å²) in [5.41, 5.74) is 1.59. The van der Waals surface area contributed by atoms with E-state index in [0.717, 1.165) is 37.9 Å². The Hall–Kier alpha value is -1.56. The molecule has 1 aromatic carbocycles. The minimum Gasteiger partial charge on any atom is -0.344 e. The number of benzene rings is 1. The number of carbonyl (C=O) groups excluding carboxylic acids is 1. The van der Waals surface area contributed by atoms with Gasteiger partial charge in [-0.05, 0) is 61.4 Å². The number of nitrogens with one attached hydrogen (secondary N) is 2. The zero-order chi connectivity index (χ0) is 18.1. The molecule has 27 heavy (non-hydrogen) atoms. The van der Waals surface area contributed by atoms with Crippen LogP contribution in [0.15, 0.2) is 36.5 Å². The molecule has 2 fully saturated rings. The van der Waals surface area contributed by atoms with Crippen molar-refractivity contribution >= 4 is 29.9 Å². The predicted octanol–water partition coefficient (Wildman–Crippen LogP) is 4.01. The quantitative estimate of drug-likeness (QED) is 0.785. The van der Waals surface area contributed by atoms with Crippen LogP contribution in [0.5, 0.6) is 0 Å². The van der Waals surface area contributed by atoms with Gasteiger partial charge in [-0.2, -0.15) is 5.10 Å². The molecule has 2 N–H and O–H groups in total. The number of rotatable bonds is 5. The second-order valence-electron chi connectivity index (χ2n) is 7.56. The Bertz CT molecular complexity index is 771. The van der Waals surface area contributed by atoms with Gasteiger partial charge < -0.3 is 10.6 Å². The summed E-state index contributed by atoms with van der Waals surface area (Å²) in [6.45, 7) is 4.20. The topological polar surface area (TPSA) is 59.0 Å². The van der Waals surface area contributed by atoms with Crippen molar-refractivity contribution in [1.82, 2.24) is 20.4 Å². The van der Waals surface area contributed by atoms with Crippen LogP contribution in [0.1, 0.15) is 54.3 Å². The fourth-order valence-corrected chi connectivity index (χ4v) is 3.99. The van der Waals surface area contributed by atoms with Crippen molar-refractivity contribution in [2.75, 3.05) is 13.1 Å². The molecule has 146 valence electrons. The van der Waals surface area contributed by atoms with Crippen LogP contribution in [0.2, 0.25) is 5.02 Å². The summed E-state index contributed by atoms with van der Waals surface area (Å²) in [6, 6.07) is 9.94. The summed E-state index contributed by atoms with van der Waals surface area (Å²) in [5, 5.41) is 11.8. The molecule has 1 aromatic heterocycles. The van der Waals surface area contributed by atoms with Gasteiger partial charge >= 0.3 is 0 Å². The zero-order valence-electron chi connectivity index (χ0n) is 15.4. The molecule has 2 aromatic rings. The van der Waals surface area contributed by atoms with E-state index in [1.54, 1.807) is 0 Å². The second kappa shape index (κ2) is 8.63. The highest BCUT2D eigenvalue weighted by atomic mass is 35.5. The standard InChI is InChI=1S/C20H25ClN4O.ClH/c1-13-11-17(13)19(14-4-6-15(21)7-5-14)23-20(26)18-8-10-25(24-18)16-3-2-9-22-12-16;/h4-8,10,13,16-17,19,22H,2-3,9,11-12H2,1H3,(H,23,26);1H. The Morgan fingerprint density at radius 3 is 2.70 bits per heavy atom. The third-order valence-corrected chi connectivity index (χ3v) is 5.85. The molecule has 1 aliphatic carbocycles. The number of hydrogen-bond acceptors (Lipinski definition) is 3. The van der Waals surface area contributed by atoms with Gasteiger partial charge in [0, 0.05) is 17.8 Å². The maximum atomic E-state index is 12.8. The lowest BCUT2D eigenvalue weighted by molar-refractivity contribution is 0.0924. The van der Waals surface area contributed by atoms with Gasteiger partial charge in [-0.25, -0.2) is 0 Å². The van der Waals surface area contributed by atoms with Gasteiger partial charge in [-0.3, -0.25) is 9.48 Å². The van der Waals surface area contributed by atoms with Crippen LogP contribution in [0, 0.1) is 11.8 Å². The first kappa shape index (κ1) is 20.2. The van der Waals surface area contributed by atoms with Crippen LogP contribution in [0.3, 0.4) is 0 Å². The first-order valence-electron chi connectivity index (χ1n) is 9.44. The van der Waals surface area contributed by atoms with Crippen LogP contribution in [-0.4, -0.2) is 28.8 Å². The van der Waals surface area contributed by atoms with Gasteiger partial charge in [0.05, 0.1) is 12.1 Å². The molecule has 0 radical (unpaired) electrons. The summed E-state index contributed by atoms with van der Waals surface area (Å²) in [6.07, 6.45) is 5.30. The summed E-state index contributed by atoms with van der Waals surface area (Å²) < 4.78 is 1.93. The van der Waals surface area contributed by atoms with Crippen molar-refractivity contribution in [3.05, 3.63) is 52.8 Å². The second-order valence-corrected chi connectivity index (χ2v) is 8.00. The Kier molecular flexibility index (Phi) is 6.45. The fraction of sp³-hybridized carbons (Fsp3) is 0.500. The first-order valence-corrected chi connectivity index (χ1v) is 9.82. The Morgan fingerprint density at radius 1 is 1.33 bits per heavy atom. The average Bonchev–Trinajstić information content (AvgIpc) is 3.18. The molecule has 0 bridgehead atoms. The number of aromatic nitrogens is 2. The van der Waals surface area contributed by atoms with Crippen LogP contribution in [0.4, 0.5) is 0 Å². The summed E-state index contributed by atoms with van der Waals surface area (Å²) in [7, 11) is 0. The lowest BCUT2D eigenvalue weighted by Crippen LogP contribution is -2.33. The normalized spacial score (nSPS) is 25.3. The van der Waals surface area contributed by atoms with Gasteiger partial charge in [0.1, 0.15) is 5.69 Å². The summed E-state index contributed by atoms with van der Waals surface area (Å²) in [4.78, 5) is 12.8. The highest BCUT2D eigenvalue weighted by molar-refractivity contribution is 6.30. The monoisotopic (exact) mass is 408 g/mol. The zero-order valence-corrected chi connectivity index (χ0v) is 17.0. The Morgan fingerprint density at radius 2 is 2.07 bits per heavy atom. The van der Waals surface area contributed by atoms with Gasteiger partial charge in [0.15, 0.2) is 0 Å². The lowest BCUT2D eigenvalue weighted by atomic mass is 10.0. The summed E-state index contributed by atoms with van der Waals surface area (Å²) >= 11 is 6.01. The smallest absolute Gasteiger partial charge is 0.272 e. The van der Waals surface area contributed by atoms with E-state index in [1.165, 1.54) is 0 Å². The van der Waals surface area contributed by atoms with Crippen molar-refractivity contribution in [2.24, 2.45) is 11.8 Å². The average molecular weight is 409 g/mol. The van der Waals surface area contributed by atoms with E-state index in [1.807, 2.05) is 41.2 Å². The molecule has 0 spiro atoms. The molecule has 4 atom stereocenters. The van der Waals surface area contributed by atoms with Crippen LogP contribution in [0.25, 0.3) is 0 Å². The van der Waals surface area contributed by atoms with Crippen molar-refractivity contribution in [2.45, 2.75) is 38.3 Å². The number of carbonyl (C=O) groups is 1. The SMILES string of the molecule is CC1CC1C(NC(=O)c1ccn(C2CCCNC2)n1)c1ccc(Cl)cc1.Cl. The highest BCUT2D eigenvalue weighted by Gasteiger charge is 2.41. The van der Waals surface area contributed by atoms with Crippen molar-refractivity contribution in [3.8, 4) is 0 Å². The van der Waals surface area contributed by atoms with Crippen molar-refractivity contribution in [3.63, 3.8) is 0 Å².